The van der Waals surface area contributed by atoms with E-state index in [0.717, 1.165) is 10.3 Å². The van der Waals surface area contributed by atoms with Crippen molar-refractivity contribution in [3.8, 4) is 0 Å². The number of pyridine rings is 1. The van der Waals surface area contributed by atoms with Gasteiger partial charge >= 0.3 is 0 Å². The van der Waals surface area contributed by atoms with Gasteiger partial charge in [0, 0.05) is 0 Å². The lowest BCUT2D eigenvalue weighted by Gasteiger charge is -1.91. The fourth-order valence-corrected chi connectivity index (χ4v) is 1.76. The van der Waals surface area contributed by atoms with Crippen LogP contribution in [0.5, 0.6) is 0 Å². The minimum atomic E-state index is -0.0509. The van der Waals surface area contributed by atoms with Crippen LogP contribution in [0.25, 0.3) is 10.3 Å². The van der Waals surface area contributed by atoms with Crippen LogP contribution in [-0.2, 0) is 6.61 Å². The van der Waals surface area contributed by atoms with Crippen LogP contribution in [0.2, 0.25) is 0 Å². The van der Waals surface area contributed by atoms with Crippen LogP contribution in [0, 0.1) is 0 Å². The highest BCUT2D eigenvalue weighted by atomic mass is 32.1. The SMILES string of the molecule is C=Nc1nc2ccc(CO)nc2s1. The molecule has 0 aliphatic heterocycles. The van der Waals surface area contributed by atoms with E-state index in [2.05, 4.69) is 21.7 Å². The molecule has 0 aliphatic carbocycles. The first-order valence-corrected chi connectivity index (χ1v) is 4.49. The molecule has 5 heteroatoms. The van der Waals surface area contributed by atoms with Gasteiger partial charge in [-0.2, -0.15) is 0 Å². The molecular weight excluding hydrogens is 186 g/mol. The first-order valence-electron chi connectivity index (χ1n) is 3.67. The van der Waals surface area contributed by atoms with Gasteiger partial charge in [0.2, 0.25) is 5.13 Å². The molecule has 2 rings (SSSR count). The predicted octanol–water partition coefficient (Wildman–Crippen LogP) is 1.52. The van der Waals surface area contributed by atoms with Crippen LogP contribution in [0.3, 0.4) is 0 Å². The summed E-state index contributed by atoms with van der Waals surface area (Å²) in [5.41, 5.74) is 1.44. The molecule has 13 heavy (non-hydrogen) atoms. The molecule has 0 amide bonds. The Balaban J connectivity index is 2.63. The highest BCUT2D eigenvalue weighted by Crippen LogP contribution is 2.25. The van der Waals surface area contributed by atoms with Gasteiger partial charge in [0.25, 0.3) is 0 Å². The van der Waals surface area contributed by atoms with Crippen molar-refractivity contribution >= 4 is 33.5 Å². The van der Waals surface area contributed by atoms with Gasteiger partial charge in [0.15, 0.2) is 0 Å². The summed E-state index contributed by atoms with van der Waals surface area (Å²) < 4.78 is 0. The van der Waals surface area contributed by atoms with E-state index >= 15 is 0 Å². The average Bonchev–Trinajstić information content (AvgIpc) is 2.58. The highest BCUT2D eigenvalue weighted by Gasteiger charge is 2.03. The number of aliphatic hydroxyl groups excluding tert-OH is 1. The lowest BCUT2D eigenvalue weighted by molar-refractivity contribution is 0.277. The predicted molar refractivity (Wildman–Crippen MR) is 52.5 cm³/mol. The molecule has 0 unspecified atom stereocenters. The summed E-state index contributed by atoms with van der Waals surface area (Å²) in [5.74, 6) is 0. The highest BCUT2D eigenvalue weighted by molar-refractivity contribution is 7.21. The Morgan fingerprint density at radius 3 is 3.00 bits per heavy atom. The summed E-state index contributed by atoms with van der Waals surface area (Å²) in [6.45, 7) is 3.34. The zero-order valence-corrected chi connectivity index (χ0v) is 7.58. The van der Waals surface area contributed by atoms with Gasteiger partial charge in [0.1, 0.15) is 10.3 Å². The zero-order valence-electron chi connectivity index (χ0n) is 6.77. The number of aliphatic hydroxyl groups is 1. The standard InChI is InChI=1S/C8H7N3OS/c1-9-8-11-6-3-2-5(4-12)10-7(6)13-8/h2-3,12H,1,4H2. The van der Waals surface area contributed by atoms with Crippen molar-refractivity contribution in [1.29, 1.82) is 0 Å². The Morgan fingerprint density at radius 2 is 2.31 bits per heavy atom. The number of aromatic nitrogens is 2. The lowest BCUT2D eigenvalue weighted by Crippen LogP contribution is -1.86. The molecule has 0 aromatic carbocycles. The summed E-state index contributed by atoms with van der Waals surface area (Å²) in [7, 11) is 0. The van der Waals surface area contributed by atoms with Crippen molar-refractivity contribution in [2.24, 2.45) is 4.99 Å². The first kappa shape index (κ1) is 8.28. The molecule has 0 spiro atoms. The van der Waals surface area contributed by atoms with Crippen molar-refractivity contribution < 1.29 is 5.11 Å². The number of aliphatic imine (C=N–C) groups is 1. The monoisotopic (exact) mass is 193 g/mol. The van der Waals surface area contributed by atoms with Crippen LogP contribution in [0.15, 0.2) is 17.1 Å². The third-order valence-electron chi connectivity index (χ3n) is 1.60. The molecule has 0 saturated carbocycles. The maximum atomic E-state index is 8.85. The van der Waals surface area contributed by atoms with E-state index in [-0.39, 0.29) is 6.61 Å². The van der Waals surface area contributed by atoms with Crippen LogP contribution < -0.4 is 0 Å². The second kappa shape index (κ2) is 3.20. The van der Waals surface area contributed by atoms with E-state index in [0.29, 0.717) is 10.8 Å². The lowest BCUT2D eigenvalue weighted by atomic mass is 10.3. The summed E-state index contributed by atoms with van der Waals surface area (Å²) in [4.78, 5) is 12.8. The van der Waals surface area contributed by atoms with Crippen LogP contribution >= 0.6 is 11.3 Å². The smallest absolute Gasteiger partial charge is 0.211 e. The van der Waals surface area contributed by atoms with E-state index in [4.69, 9.17) is 5.11 Å². The molecule has 0 radical (unpaired) electrons. The van der Waals surface area contributed by atoms with Crippen LogP contribution in [-0.4, -0.2) is 21.8 Å². The molecule has 2 aromatic heterocycles. The third-order valence-corrected chi connectivity index (χ3v) is 2.50. The van der Waals surface area contributed by atoms with E-state index in [1.807, 2.05) is 6.07 Å². The number of hydrogen-bond donors (Lipinski definition) is 1. The number of thiazole rings is 1. The minimum Gasteiger partial charge on any atom is -0.390 e. The Bertz CT molecular complexity index is 452. The maximum absolute atomic E-state index is 8.85. The molecule has 2 aromatic rings. The van der Waals surface area contributed by atoms with Crippen molar-refractivity contribution in [2.45, 2.75) is 6.61 Å². The Kier molecular flexibility index (Phi) is 2.03. The van der Waals surface area contributed by atoms with Crippen LogP contribution in [0.1, 0.15) is 5.69 Å². The Labute approximate surface area is 78.6 Å². The fourth-order valence-electron chi connectivity index (χ4n) is 1.000. The second-order valence-electron chi connectivity index (χ2n) is 2.44. The van der Waals surface area contributed by atoms with E-state index < -0.39 is 0 Å². The molecule has 0 aliphatic rings. The average molecular weight is 193 g/mol. The van der Waals surface area contributed by atoms with Gasteiger partial charge in [-0.25, -0.2) is 15.0 Å². The van der Waals surface area contributed by atoms with Crippen molar-refractivity contribution in [3.05, 3.63) is 17.8 Å². The van der Waals surface area contributed by atoms with Crippen molar-refractivity contribution in [2.75, 3.05) is 0 Å². The minimum absolute atomic E-state index is 0.0509. The molecule has 0 atom stereocenters. The number of fused-ring (bicyclic) bond motifs is 1. The quantitative estimate of drug-likeness (QED) is 0.735. The van der Waals surface area contributed by atoms with Gasteiger partial charge in [0.05, 0.1) is 12.3 Å². The van der Waals surface area contributed by atoms with Gasteiger partial charge < -0.3 is 5.11 Å². The maximum Gasteiger partial charge on any atom is 0.211 e. The number of hydrogen-bond acceptors (Lipinski definition) is 5. The summed E-state index contributed by atoms with van der Waals surface area (Å²) in [5, 5.41) is 9.46. The molecule has 1 N–H and O–H groups in total. The Morgan fingerprint density at radius 1 is 1.46 bits per heavy atom. The normalized spacial score (nSPS) is 10.5. The largest absolute Gasteiger partial charge is 0.390 e. The zero-order chi connectivity index (χ0) is 9.26. The molecule has 0 fully saturated rings. The van der Waals surface area contributed by atoms with Crippen molar-refractivity contribution in [1.82, 2.24) is 9.97 Å². The molecule has 2 heterocycles. The van der Waals surface area contributed by atoms with E-state index in [1.54, 1.807) is 6.07 Å². The number of nitrogens with zero attached hydrogens (tertiary/aromatic N) is 3. The first-order chi connectivity index (χ1) is 6.33. The molecule has 0 saturated heterocycles. The molecule has 66 valence electrons. The Hall–Kier alpha value is -1.33. The molecule has 0 bridgehead atoms. The second-order valence-corrected chi connectivity index (χ2v) is 3.40. The topological polar surface area (TPSA) is 58.4 Å². The molecule has 4 nitrogen and oxygen atoms in total. The van der Waals surface area contributed by atoms with E-state index in [9.17, 15) is 0 Å². The third kappa shape index (κ3) is 1.43. The molecular formula is C8H7N3OS. The van der Waals surface area contributed by atoms with Gasteiger partial charge in [-0.1, -0.05) is 11.3 Å². The summed E-state index contributed by atoms with van der Waals surface area (Å²) >= 11 is 1.36. The van der Waals surface area contributed by atoms with Gasteiger partial charge in [-0.05, 0) is 18.9 Å². The van der Waals surface area contributed by atoms with E-state index in [1.165, 1.54) is 11.3 Å². The number of rotatable bonds is 2. The summed E-state index contributed by atoms with van der Waals surface area (Å²) in [6.07, 6.45) is 0. The van der Waals surface area contributed by atoms with Crippen molar-refractivity contribution in [3.63, 3.8) is 0 Å². The fraction of sp³-hybridized carbons (Fsp3) is 0.125. The van der Waals surface area contributed by atoms with Gasteiger partial charge in [-0.15, -0.1) is 0 Å². The summed E-state index contributed by atoms with van der Waals surface area (Å²) in [6, 6.07) is 3.56. The van der Waals surface area contributed by atoms with Gasteiger partial charge in [-0.3, -0.25) is 0 Å². The van der Waals surface area contributed by atoms with Crippen LogP contribution in [0.4, 0.5) is 5.13 Å².